The van der Waals surface area contributed by atoms with Crippen LogP contribution in [0.15, 0.2) is 78.9 Å². The summed E-state index contributed by atoms with van der Waals surface area (Å²) in [7, 11) is 1.58. The molecule has 0 aliphatic heterocycles. The molecule has 0 spiro atoms. The molecule has 0 aliphatic carbocycles. The van der Waals surface area contributed by atoms with Gasteiger partial charge in [-0.25, -0.2) is 0 Å². The first-order chi connectivity index (χ1) is 16.7. The van der Waals surface area contributed by atoms with Crippen LogP contribution < -0.4 is 10.1 Å². The molecule has 0 aromatic heterocycles. The first kappa shape index (κ1) is 26.3. The number of halogens is 1. The van der Waals surface area contributed by atoms with Crippen LogP contribution in [-0.4, -0.2) is 36.4 Å². The summed E-state index contributed by atoms with van der Waals surface area (Å²) in [4.78, 5) is 28.2. The van der Waals surface area contributed by atoms with Gasteiger partial charge in [-0.1, -0.05) is 93.0 Å². The van der Waals surface area contributed by atoms with Crippen molar-refractivity contribution in [1.82, 2.24) is 10.2 Å². The monoisotopic (exact) mass is 492 g/mol. The molecule has 0 radical (unpaired) electrons. The SMILES string of the molecule is CNC(=O)[C@@H](Cc1ccccc1)N(Cc1ccc(Cl)cc1)C(=O)COc1ccccc1C(C)(C)C. The van der Waals surface area contributed by atoms with E-state index in [-0.39, 0.29) is 30.4 Å². The molecule has 1 atom stereocenters. The summed E-state index contributed by atoms with van der Waals surface area (Å²) in [6.45, 7) is 6.39. The van der Waals surface area contributed by atoms with Gasteiger partial charge in [0.1, 0.15) is 11.8 Å². The lowest BCUT2D eigenvalue weighted by Gasteiger charge is -2.31. The zero-order chi connectivity index (χ0) is 25.4. The van der Waals surface area contributed by atoms with Crippen molar-refractivity contribution >= 4 is 23.4 Å². The van der Waals surface area contributed by atoms with Gasteiger partial charge in [-0.15, -0.1) is 0 Å². The number of carbonyl (C=O) groups excluding carboxylic acids is 2. The summed E-state index contributed by atoms with van der Waals surface area (Å²) in [6, 6.07) is 24.0. The van der Waals surface area contributed by atoms with E-state index < -0.39 is 6.04 Å². The number of carbonyl (C=O) groups is 2. The lowest BCUT2D eigenvalue weighted by atomic mass is 9.86. The van der Waals surface area contributed by atoms with E-state index in [2.05, 4.69) is 26.1 Å². The number of hydrogen-bond acceptors (Lipinski definition) is 3. The van der Waals surface area contributed by atoms with Crippen LogP contribution >= 0.6 is 11.6 Å². The minimum atomic E-state index is -0.702. The van der Waals surface area contributed by atoms with E-state index in [0.717, 1.165) is 16.7 Å². The molecule has 0 saturated heterocycles. The Morgan fingerprint density at radius 1 is 0.914 bits per heavy atom. The van der Waals surface area contributed by atoms with Gasteiger partial charge in [-0.2, -0.15) is 0 Å². The van der Waals surface area contributed by atoms with Crippen molar-refractivity contribution in [2.75, 3.05) is 13.7 Å². The predicted octanol–water partition coefficient (Wildman–Crippen LogP) is 5.40. The predicted molar refractivity (Wildman–Crippen MR) is 141 cm³/mol. The smallest absolute Gasteiger partial charge is 0.261 e. The fourth-order valence-corrected chi connectivity index (χ4v) is 4.07. The van der Waals surface area contributed by atoms with Gasteiger partial charge in [-0.3, -0.25) is 9.59 Å². The number of ether oxygens (including phenoxy) is 1. The maximum Gasteiger partial charge on any atom is 0.261 e. The van der Waals surface area contributed by atoms with E-state index in [1.165, 1.54) is 0 Å². The lowest BCUT2D eigenvalue weighted by Crippen LogP contribution is -2.51. The highest BCUT2D eigenvalue weighted by Gasteiger charge is 2.30. The number of likely N-dealkylation sites (N-methyl/N-ethyl adjacent to an activating group) is 1. The van der Waals surface area contributed by atoms with Crippen molar-refractivity contribution in [3.8, 4) is 5.75 Å². The van der Waals surface area contributed by atoms with Gasteiger partial charge in [0, 0.05) is 25.0 Å². The first-order valence-electron chi connectivity index (χ1n) is 11.7. The highest BCUT2D eigenvalue weighted by molar-refractivity contribution is 6.30. The largest absolute Gasteiger partial charge is 0.483 e. The minimum absolute atomic E-state index is 0.138. The molecule has 0 heterocycles. The van der Waals surface area contributed by atoms with Crippen molar-refractivity contribution in [3.05, 3.63) is 101 Å². The van der Waals surface area contributed by atoms with Crippen LogP contribution in [0.4, 0.5) is 0 Å². The molecule has 0 saturated carbocycles. The Morgan fingerprint density at radius 2 is 1.54 bits per heavy atom. The molecular weight excluding hydrogens is 460 g/mol. The van der Waals surface area contributed by atoms with Crippen LogP contribution in [0, 0.1) is 0 Å². The average Bonchev–Trinajstić information content (AvgIpc) is 2.85. The van der Waals surface area contributed by atoms with Crippen LogP contribution in [0.1, 0.15) is 37.5 Å². The zero-order valence-corrected chi connectivity index (χ0v) is 21.5. The number of nitrogens with one attached hydrogen (secondary N) is 1. The highest BCUT2D eigenvalue weighted by Crippen LogP contribution is 2.31. The third-order valence-electron chi connectivity index (χ3n) is 5.83. The number of benzene rings is 3. The Morgan fingerprint density at radius 3 is 2.17 bits per heavy atom. The summed E-state index contributed by atoms with van der Waals surface area (Å²) >= 11 is 6.06. The third kappa shape index (κ3) is 7.33. The van der Waals surface area contributed by atoms with Gasteiger partial charge < -0.3 is 15.0 Å². The average molecular weight is 493 g/mol. The van der Waals surface area contributed by atoms with Crippen molar-refractivity contribution in [3.63, 3.8) is 0 Å². The number of amides is 2. The van der Waals surface area contributed by atoms with E-state index in [1.54, 1.807) is 24.1 Å². The van der Waals surface area contributed by atoms with Crippen molar-refractivity contribution < 1.29 is 14.3 Å². The van der Waals surface area contributed by atoms with E-state index in [1.807, 2.05) is 66.7 Å². The summed E-state index contributed by atoms with van der Waals surface area (Å²) in [5, 5.41) is 3.34. The Bertz CT molecular complexity index is 1120. The normalized spacial score (nSPS) is 12.0. The van der Waals surface area contributed by atoms with Crippen LogP contribution in [-0.2, 0) is 28.0 Å². The molecule has 5 nitrogen and oxygen atoms in total. The van der Waals surface area contributed by atoms with Gasteiger partial charge in [0.05, 0.1) is 0 Å². The topological polar surface area (TPSA) is 58.6 Å². The standard InChI is InChI=1S/C29H33ClN2O3/c1-29(2,3)24-12-8-9-13-26(24)35-20-27(33)32(19-22-14-16-23(30)17-15-22)25(28(34)31-4)18-21-10-6-5-7-11-21/h5-17,25H,18-20H2,1-4H3,(H,31,34)/t25-/m1/s1. The molecule has 6 heteroatoms. The van der Waals surface area contributed by atoms with Gasteiger partial charge in [-0.05, 0) is 40.3 Å². The van der Waals surface area contributed by atoms with Gasteiger partial charge in [0.15, 0.2) is 6.61 Å². The van der Waals surface area contributed by atoms with Crippen molar-refractivity contribution in [1.29, 1.82) is 0 Å². The summed E-state index contributed by atoms with van der Waals surface area (Å²) in [5.41, 5.74) is 2.72. The summed E-state index contributed by atoms with van der Waals surface area (Å²) < 4.78 is 6.03. The van der Waals surface area contributed by atoms with Gasteiger partial charge >= 0.3 is 0 Å². The Labute approximate surface area is 213 Å². The Balaban J connectivity index is 1.90. The fourth-order valence-electron chi connectivity index (χ4n) is 3.94. The molecule has 1 N–H and O–H groups in total. The highest BCUT2D eigenvalue weighted by atomic mass is 35.5. The zero-order valence-electron chi connectivity index (χ0n) is 20.8. The molecule has 3 aromatic rings. The molecule has 2 amide bonds. The molecule has 184 valence electrons. The van der Waals surface area contributed by atoms with Crippen molar-refractivity contribution in [2.24, 2.45) is 0 Å². The number of rotatable bonds is 9. The molecular formula is C29H33ClN2O3. The molecule has 0 aliphatic rings. The van der Waals surface area contributed by atoms with Crippen LogP contribution in [0.2, 0.25) is 5.02 Å². The molecule has 35 heavy (non-hydrogen) atoms. The first-order valence-corrected chi connectivity index (χ1v) is 12.1. The quantitative estimate of drug-likeness (QED) is 0.435. The molecule has 3 aromatic carbocycles. The number of para-hydroxylation sites is 1. The lowest BCUT2D eigenvalue weighted by molar-refractivity contribution is -0.142. The second-order valence-corrected chi connectivity index (χ2v) is 9.94. The van der Waals surface area contributed by atoms with Crippen LogP contribution in [0.3, 0.4) is 0 Å². The second-order valence-electron chi connectivity index (χ2n) is 9.50. The molecule has 0 fully saturated rings. The maximum absolute atomic E-state index is 13.6. The second kappa shape index (κ2) is 11.9. The number of hydrogen-bond donors (Lipinski definition) is 1. The number of nitrogens with zero attached hydrogens (tertiary/aromatic N) is 1. The van der Waals surface area contributed by atoms with E-state index in [4.69, 9.17) is 16.3 Å². The van der Waals surface area contributed by atoms with E-state index >= 15 is 0 Å². The summed E-state index contributed by atoms with van der Waals surface area (Å²) in [6.07, 6.45) is 0.387. The molecule has 3 rings (SSSR count). The van der Waals surface area contributed by atoms with Gasteiger partial charge in [0.25, 0.3) is 5.91 Å². The summed E-state index contributed by atoms with van der Waals surface area (Å²) in [5.74, 6) is 0.166. The maximum atomic E-state index is 13.6. The fraction of sp³-hybridized carbons (Fsp3) is 0.310. The van der Waals surface area contributed by atoms with Gasteiger partial charge in [0.2, 0.25) is 5.91 Å². The Kier molecular flexibility index (Phi) is 8.94. The van der Waals surface area contributed by atoms with Crippen molar-refractivity contribution in [2.45, 2.75) is 45.2 Å². The van der Waals surface area contributed by atoms with E-state index in [9.17, 15) is 9.59 Å². The minimum Gasteiger partial charge on any atom is -0.483 e. The van der Waals surface area contributed by atoms with E-state index in [0.29, 0.717) is 17.2 Å². The molecule has 0 bridgehead atoms. The Hall–Kier alpha value is -3.31. The molecule has 0 unspecified atom stereocenters. The third-order valence-corrected chi connectivity index (χ3v) is 6.08. The van der Waals surface area contributed by atoms with Crippen LogP contribution in [0.25, 0.3) is 0 Å². The van der Waals surface area contributed by atoms with Crippen LogP contribution in [0.5, 0.6) is 5.75 Å².